The molecular formula is C17H20N2O9. The molecule has 2 rings (SSSR count). The number of hydroxylamine groups is 4. The lowest BCUT2D eigenvalue weighted by molar-refractivity contribution is -0.201. The molecule has 4 amide bonds. The Labute approximate surface area is 160 Å². The largest absolute Gasteiger partial charge is 0.376 e. The minimum absolute atomic E-state index is 0.000592. The number of nitrogens with zero attached hydrogens (tertiary/aromatic N) is 2. The summed E-state index contributed by atoms with van der Waals surface area (Å²) in [7, 11) is 0. The summed E-state index contributed by atoms with van der Waals surface area (Å²) in [4.78, 5) is 78.8. The Hall–Kier alpha value is -3.08. The van der Waals surface area contributed by atoms with Crippen LogP contribution in [0.5, 0.6) is 0 Å². The number of hydrogen-bond acceptors (Lipinski definition) is 9. The molecule has 1 unspecified atom stereocenters. The first-order chi connectivity index (χ1) is 13.2. The molecule has 2 fully saturated rings. The van der Waals surface area contributed by atoms with Crippen LogP contribution in [0.25, 0.3) is 0 Å². The first-order valence-electron chi connectivity index (χ1n) is 8.61. The Morgan fingerprint density at radius 3 is 1.89 bits per heavy atom. The van der Waals surface area contributed by atoms with Gasteiger partial charge in [-0.2, -0.15) is 0 Å². The van der Waals surface area contributed by atoms with Gasteiger partial charge in [-0.05, 0) is 19.9 Å². The Morgan fingerprint density at radius 2 is 1.39 bits per heavy atom. The van der Waals surface area contributed by atoms with Crippen molar-refractivity contribution in [2.45, 2.75) is 39.5 Å². The predicted molar refractivity (Wildman–Crippen MR) is 88.1 cm³/mol. The predicted octanol–water partition coefficient (Wildman–Crippen LogP) is -0.200. The SMILES string of the molecule is C/C(=C\COCC(C)C(=O)ON1C(=O)CCC1=O)C(=O)ON1C(=O)CCC1=O. The first kappa shape index (κ1) is 21.2. The fourth-order valence-electron chi connectivity index (χ4n) is 2.23. The Bertz CT molecular complexity index is 711. The maximum absolute atomic E-state index is 11.9. The highest BCUT2D eigenvalue weighted by Crippen LogP contribution is 2.15. The molecule has 2 aliphatic heterocycles. The molecule has 2 heterocycles. The number of carbonyl (C=O) groups excluding carboxylic acids is 6. The Kier molecular flexibility index (Phi) is 6.99. The number of hydrogen-bond donors (Lipinski definition) is 0. The normalized spacial score (nSPS) is 18.7. The number of rotatable bonds is 8. The zero-order chi connectivity index (χ0) is 20.8. The van der Waals surface area contributed by atoms with Gasteiger partial charge in [0.2, 0.25) is 0 Å². The third-order valence-corrected chi connectivity index (χ3v) is 3.97. The van der Waals surface area contributed by atoms with Crippen molar-refractivity contribution in [3.63, 3.8) is 0 Å². The quantitative estimate of drug-likeness (QED) is 0.310. The molecule has 0 radical (unpaired) electrons. The zero-order valence-corrected chi connectivity index (χ0v) is 15.5. The molecule has 28 heavy (non-hydrogen) atoms. The van der Waals surface area contributed by atoms with Crippen molar-refractivity contribution in [3.8, 4) is 0 Å². The average molecular weight is 396 g/mol. The van der Waals surface area contributed by atoms with E-state index in [4.69, 9.17) is 14.4 Å². The Balaban J connectivity index is 1.72. The van der Waals surface area contributed by atoms with Gasteiger partial charge in [0.1, 0.15) is 0 Å². The third kappa shape index (κ3) is 5.22. The van der Waals surface area contributed by atoms with E-state index < -0.39 is 41.5 Å². The summed E-state index contributed by atoms with van der Waals surface area (Å²) in [6.45, 7) is 2.76. The standard InChI is InChI=1S/C17H20N2O9/c1-10(16(24)27-18-12(20)3-4-13(18)21)7-8-26-9-11(2)17(25)28-19-14(22)5-6-15(19)23/h7,11H,3-6,8-9H2,1-2H3/b10-7+. The maximum Gasteiger partial charge on any atom is 0.359 e. The van der Waals surface area contributed by atoms with Crippen molar-refractivity contribution >= 4 is 35.6 Å². The summed E-state index contributed by atoms with van der Waals surface area (Å²) < 4.78 is 5.25. The molecular weight excluding hydrogens is 376 g/mol. The number of ether oxygens (including phenoxy) is 1. The van der Waals surface area contributed by atoms with Crippen LogP contribution in [0, 0.1) is 5.92 Å². The van der Waals surface area contributed by atoms with Gasteiger partial charge < -0.3 is 14.4 Å². The van der Waals surface area contributed by atoms with Gasteiger partial charge in [-0.25, -0.2) is 9.59 Å². The molecule has 0 aromatic heterocycles. The highest BCUT2D eigenvalue weighted by molar-refractivity contribution is 6.02. The van der Waals surface area contributed by atoms with Crippen LogP contribution in [-0.2, 0) is 43.2 Å². The minimum atomic E-state index is -0.870. The molecule has 1 atom stereocenters. The van der Waals surface area contributed by atoms with E-state index in [1.54, 1.807) is 0 Å². The smallest absolute Gasteiger partial charge is 0.359 e. The fraction of sp³-hybridized carbons (Fsp3) is 0.529. The minimum Gasteiger partial charge on any atom is -0.376 e. The molecule has 0 spiro atoms. The number of carbonyl (C=O) groups is 6. The van der Waals surface area contributed by atoms with Gasteiger partial charge in [-0.1, -0.05) is 0 Å². The molecule has 0 bridgehead atoms. The van der Waals surface area contributed by atoms with Gasteiger partial charge >= 0.3 is 11.9 Å². The molecule has 0 aliphatic carbocycles. The summed E-state index contributed by atoms with van der Waals surface area (Å²) >= 11 is 0. The van der Waals surface area contributed by atoms with Crippen molar-refractivity contribution in [2.75, 3.05) is 13.2 Å². The van der Waals surface area contributed by atoms with Gasteiger partial charge in [-0.3, -0.25) is 19.2 Å². The lowest BCUT2D eigenvalue weighted by Gasteiger charge is -2.16. The first-order valence-corrected chi connectivity index (χ1v) is 8.61. The van der Waals surface area contributed by atoms with E-state index in [2.05, 4.69) is 0 Å². The maximum atomic E-state index is 11.9. The van der Waals surface area contributed by atoms with E-state index in [0.717, 1.165) is 0 Å². The van der Waals surface area contributed by atoms with E-state index in [1.807, 2.05) is 0 Å². The second kappa shape index (κ2) is 9.22. The van der Waals surface area contributed by atoms with Gasteiger partial charge in [0.15, 0.2) is 0 Å². The lowest BCUT2D eigenvalue weighted by atomic mass is 10.2. The number of imide groups is 2. The van der Waals surface area contributed by atoms with Crippen LogP contribution >= 0.6 is 0 Å². The monoisotopic (exact) mass is 396 g/mol. The molecule has 2 saturated heterocycles. The lowest BCUT2D eigenvalue weighted by Crippen LogP contribution is -2.35. The molecule has 152 valence electrons. The summed E-state index contributed by atoms with van der Waals surface area (Å²) in [5.41, 5.74) is 0.107. The summed E-state index contributed by atoms with van der Waals surface area (Å²) in [6.07, 6.45) is 1.37. The summed E-state index contributed by atoms with van der Waals surface area (Å²) in [5.74, 6) is -4.73. The second-order valence-electron chi connectivity index (χ2n) is 6.28. The van der Waals surface area contributed by atoms with Gasteiger partial charge in [0.05, 0.1) is 19.1 Å². The van der Waals surface area contributed by atoms with E-state index in [1.165, 1.54) is 19.9 Å². The summed E-state index contributed by atoms with van der Waals surface area (Å²) in [6, 6.07) is 0. The molecule has 0 N–H and O–H groups in total. The molecule has 0 aromatic rings. The third-order valence-electron chi connectivity index (χ3n) is 3.97. The topological polar surface area (TPSA) is 137 Å². The van der Waals surface area contributed by atoms with E-state index in [9.17, 15) is 28.8 Å². The van der Waals surface area contributed by atoms with Crippen molar-refractivity contribution < 1.29 is 43.2 Å². The molecule has 11 heteroatoms. The fourth-order valence-corrected chi connectivity index (χ4v) is 2.23. The van der Waals surface area contributed by atoms with E-state index >= 15 is 0 Å². The van der Waals surface area contributed by atoms with Crippen LogP contribution in [0.4, 0.5) is 0 Å². The summed E-state index contributed by atoms with van der Waals surface area (Å²) in [5, 5.41) is 0.902. The van der Waals surface area contributed by atoms with Gasteiger partial charge in [0, 0.05) is 31.3 Å². The zero-order valence-electron chi connectivity index (χ0n) is 15.5. The van der Waals surface area contributed by atoms with Crippen LogP contribution in [0.2, 0.25) is 0 Å². The van der Waals surface area contributed by atoms with Crippen molar-refractivity contribution in [2.24, 2.45) is 5.92 Å². The molecule has 2 aliphatic rings. The highest BCUT2D eigenvalue weighted by Gasteiger charge is 2.34. The molecule has 0 aromatic carbocycles. The van der Waals surface area contributed by atoms with Crippen LogP contribution in [0.3, 0.4) is 0 Å². The molecule has 11 nitrogen and oxygen atoms in total. The Morgan fingerprint density at radius 1 is 0.929 bits per heavy atom. The van der Waals surface area contributed by atoms with Crippen molar-refractivity contribution in [3.05, 3.63) is 11.6 Å². The van der Waals surface area contributed by atoms with Gasteiger partial charge in [-0.15, -0.1) is 10.1 Å². The van der Waals surface area contributed by atoms with Crippen LogP contribution in [0.15, 0.2) is 11.6 Å². The number of amides is 4. The van der Waals surface area contributed by atoms with Crippen molar-refractivity contribution in [1.29, 1.82) is 0 Å². The van der Waals surface area contributed by atoms with Gasteiger partial charge in [0.25, 0.3) is 23.6 Å². The van der Waals surface area contributed by atoms with E-state index in [-0.39, 0.29) is 44.5 Å². The second-order valence-corrected chi connectivity index (χ2v) is 6.28. The van der Waals surface area contributed by atoms with Crippen LogP contribution in [0.1, 0.15) is 39.5 Å². The van der Waals surface area contributed by atoms with E-state index in [0.29, 0.717) is 10.1 Å². The van der Waals surface area contributed by atoms with Crippen LogP contribution in [-0.4, -0.2) is 58.9 Å². The molecule has 0 saturated carbocycles. The average Bonchev–Trinajstić information content (AvgIpc) is 3.14. The van der Waals surface area contributed by atoms with Crippen molar-refractivity contribution in [1.82, 2.24) is 10.1 Å². The van der Waals surface area contributed by atoms with Crippen LogP contribution < -0.4 is 0 Å². The highest BCUT2D eigenvalue weighted by atomic mass is 16.7.